The van der Waals surface area contributed by atoms with Crippen LogP contribution in [0.1, 0.15) is 23.1 Å². The highest BCUT2D eigenvalue weighted by atomic mass is 79.9. The van der Waals surface area contributed by atoms with E-state index in [1.807, 2.05) is 6.07 Å². The zero-order valence-corrected chi connectivity index (χ0v) is 11.9. The van der Waals surface area contributed by atoms with E-state index in [1.165, 1.54) is 0 Å². The van der Waals surface area contributed by atoms with Crippen LogP contribution in [-0.4, -0.2) is 16.8 Å². The largest absolute Gasteiger partial charge is 0.508 e. The third-order valence-electron chi connectivity index (χ3n) is 3.79. The average molecular weight is 335 g/mol. The lowest BCUT2D eigenvalue weighted by Gasteiger charge is -2.27. The van der Waals surface area contributed by atoms with Crippen LogP contribution in [0.4, 0.5) is 0 Å². The molecule has 0 bridgehead atoms. The Balaban J connectivity index is 1.84. The Hall–Kier alpha value is -1.88. The van der Waals surface area contributed by atoms with Gasteiger partial charge in [0.1, 0.15) is 29.1 Å². The number of rotatable bonds is 0. The molecule has 0 saturated heterocycles. The summed E-state index contributed by atoms with van der Waals surface area (Å²) in [5.74, 6) is 1.83. The molecular weight excluding hydrogens is 324 g/mol. The SMILES string of the molecule is Oc1ccc2c(c1)OC[C@@H]1c3cc(O)cc(Br)c3O[C@@H]21. The highest BCUT2D eigenvalue weighted by molar-refractivity contribution is 9.10. The van der Waals surface area contributed by atoms with E-state index in [-0.39, 0.29) is 23.5 Å². The fourth-order valence-electron chi connectivity index (χ4n) is 2.89. The van der Waals surface area contributed by atoms with Crippen LogP contribution in [0.25, 0.3) is 0 Å². The third kappa shape index (κ3) is 1.59. The highest BCUT2D eigenvalue weighted by Gasteiger charge is 2.41. The van der Waals surface area contributed by atoms with Crippen molar-refractivity contribution in [2.75, 3.05) is 6.61 Å². The van der Waals surface area contributed by atoms with E-state index < -0.39 is 0 Å². The molecule has 2 aliphatic heterocycles. The van der Waals surface area contributed by atoms with Crippen LogP contribution < -0.4 is 9.47 Å². The fourth-order valence-corrected chi connectivity index (χ4v) is 3.45. The molecule has 2 N–H and O–H groups in total. The highest BCUT2D eigenvalue weighted by Crippen LogP contribution is 2.54. The summed E-state index contributed by atoms with van der Waals surface area (Å²) >= 11 is 3.42. The van der Waals surface area contributed by atoms with Gasteiger partial charge in [-0.1, -0.05) is 0 Å². The molecule has 0 saturated carbocycles. The minimum absolute atomic E-state index is 0.0467. The van der Waals surface area contributed by atoms with E-state index in [0.717, 1.165) is 21.3 Å². The maximum atomic E-state index is 9.74. The van der Waals surface area contributed by atoms with E-state index >= 15 is 0 Å². The molecule has 0 radical (unpaired) electrons. The van der Waals surface area contributed by atoms with Crippen molar-refractivity contribution in [2.24, 2.45) is 0 Å². The van der Waals surface area contributed by atoms with Crippen molar-refractivity contribution in [3.05, 3.63) is 45.9 Å². The lowest BCUT2D eigenvalue weighted by molar-refractivity contribution is 0.139. The van der Waals surface area contributed by atoms with Gasteiger partial charge >= 0.3 is 0 Å². The summed E-state index contributed by atoms with van der Waals surface area (Å²) in [4.78, 5) is 0. The predicted octanol–water partition coefficient (Wildman–Crippen LogP) is 3.47. The van der Waals surface area contributed by atoms with Gasteiger partial charge in [0.15, 0.2) is 0 Å². The lowest BCUT2D eigenvalue weighted by atomic mass is 9.89. The van der Waals surface area contributed by atoms with Gasteiger partial charge < -0.3 is 19.7 Å². The Kier molecular flexibility index (Phi) is 2.41. The van der Waals surface area contributed by atoms with Crippen LogP contribution in [0.2, 0.25) is 0 Å². The Morgan fingerprint density at radius 2 is 1.90 bits per heavy atom. The fraction of sp³-hybridized carbons (Fsp3) is 0.200. The van der Waals surface area contributed by atoms with Crippen molar-refractivity contribution in [3.8, 4) is 23.0 Å². The molecule has 0 spiro atoms. The van der Waals surface area contributed by atoms with Crippen molar-refractivity contribution >= 4 is 15.9 Å². The summed E-state index contributed by atoms with van der Waals surface area (Å²) in [6, 6.07) is 8.39. The Labute approximate surface area is 123 Å². The van der Waals surface area contributed by atoms with Crippen LogP contribution in [0.3, 0.4) is 0 Å². The standard InChI is InChI=1S/C15H11BrO4/c16-12-4-8(18)3-10-11-6-19-13-5-7(17)1-2-9(13)14(11)20-15(10)12/h1-5,11,14,17-18H,6H2/t11-,14+/m1/s1. The van der Waals surface area contributed by atoms with Gasteiger partial charge in [-0.05, 0) is 40.2 Å². The van der Waals surface area contributed by atoms with Crippen molar-refractivity contribution < 1.29 is 19.7 Å². The Morgan fingerprint density at radius 1 is 1.05 bits per heavy atom. The van der Waals surface area contributed by atoms with Gasteiger partial charge in [-0.25, -0.2) is 0 Å². The van der Waals surface area contributed by atoms with Gasteiger partial charge in [-0.3, -0.25) is 0 Å². The first-order chi connectivity index (χ1) is 9.63. The number of phenols is 2. The van der Waals surface area contributed by atoms with Crippen molar-refractivity contribution in [2.45, 2.75) is 12.0 Å². The molecule has 2 aromatic rings. The van der Waals surface area contributed by atoms with Crippen LogP contribution in [0.5, 0.6) is 23.0 Å². The van der Waals surface area contributed by atoms with E-state index in [9.17, 15) is 10.2 Å². The zero-order valence-electron chi connectivity index (χ0n) is 10.3. The molecule has 0 aliphatic carbocycles. The van der Waals surface area contributed by atoms with Crippen LogP contribution in [0.15, 0.2) is 34.8 Å². The van der Waals surface area contributed by atoms with Crippen molar-refractivity contribution in [1.82, 2.24) is 0 Å². The number of hydrogen-bond acceptors (Lipinski definition) is 4. The number of hydrogen-bond donors (Lipinski definition) is 2. The molecule has 2 aliphatic rings. The van der Waals surface area contributed by atoms with Gasteiger partial charge in [-0.15, -0.1) is 0 Å². The van der Waals surface area contributed by atoms with Crippen LogP contribution >= 0.6 is 15.9 Å². The topological polar surface area (TPSA) is 58.9 Å². The first-order valence-corrected chi connectivity index (χ1v) is 7.07. The summed E-state index contributed by atoms with van der Waals surface area (Å²) < 4.78 is 12.5. The molecule has 4 nitrogen and oxygen atoms in total. The molecule has 0 aromatic heterocycles. The molecule has 4 rings (SSSR count). The Morgan fingerprint density at radius 3 is 2.75 bits per heavy atom. The predicted molar refractivity (Wildman–Crippen MR) is 75.5 cm³/mol. The number of fused-ring (bicyclic) bond motifs is 5. The molecule has 0 fully saturated rings. The molecule has 20 heavy (non-hydrogen) atoms. The molecule has 0 unspecified atom stereocenters. The number of halogens is 1. The molecule has 0 amide bonds. The number of aromatic hydroxyl groups is 2. The second kappa shape index (κ2) is 4.06. The van der Waals surface area contributed by atoms with Gasteiger partial charge in [0.25, 0.3) is 0 Å². The summed E-state index contributed by atoms with van der Waals surface area (Å²) in [6.07, 6.45) is -0.146. The zero-order chi connectivity index (χ0) is 13.9. The summed E-state index contributed by atoms with van der Waals surface area (Å²) in [7, 11) is 0. The normalized spacial score (nSPS) is 22.2. The molecule has 5 heteroatoms. The number of ether oxygens (including phenoxy) is 2. The molecule has 2 aromatic carbocycles. The van der Waals surface area contributed by atoms with Crippen molar-refractivity contribution in [1.29, 1.82) is 0 Å². The summed E-state index contributed by atoms with van der Waals surface area (Å²) in [6.45, 7) is 0.462. The molecule has 102 valence electrons. The van der Waals surface area contributed by atoms with Gasteiger partial charge in [0.2, 0.25) is 0 Å². The van der Waals surface area contributed by atoms with Gasteiger partial charge in [0, 0.05) is 17.2 Å². The second-order valence-electron chi connectivity index (χ2n) is 5.02. The average Bonchev–Trinajstić information content (AvgIpc) is 2.77. The minimum atomic E-state index is -0.146. The Bertz CT molecular complexity index is 713. The number of phenolic OH excluding ortho intramolecular Hbond substituents is 2. The van der Waals surface area contributed by atoms with Gasteiger partial charge in [0.05, 0.1) is 17.0 Å². The molecular formula is C15H11BrO4. The summed E-state index contributed by atoms with van der Waals surface area (Å²) in [5.41, 5.74) is 1.86. The quantitative estimate of drug-likeness (QED) is 0.774. The second-order valence-corrected chi connectivity index (χ2v) is 5.88. The smallest absolute Gasteiger partial charge is 0.138 e. The van der Waals surface area contributed by atoms with Crippen LogP contribution in [0, 0.1) is 0 Å². The first-order valence-electron chi connectivity index (χ1n) is 6.28. The van der Waals surface area contributed by atoms with E-state index in [0.29, 0.717) is 12.4 Å². The molecule has 2 heterocycles. The third-order valence-corrected chi connectivity index (χ3v) is 4.38. The van der Waals surface area contributed by atoms with E-state index in [2.05, 4.69) is 15.9 Å². The monoisotopic (exact) mass is 334 g/mol. The van der Waals surface area contributed by atoms with Crippen molar-refractivity contribution in [3.63, 3.8) is 0 Å². The van der Waals surface area contributed by atoms with E-state index in [4.69, 9.17) is 9.47 Å². The minimum Gasteiger partial charge on any atom is -0.508 e. The first kappa shape index (κ1) is 11.9. The number of benzene rings is 2. The molecule has 2 atom stereocenters. The van der Waals surface area contributed by atoms with Crippen LogP contribution in [-0.2, 0) is 0 Å². The maximum absolute atomic E-state index is 9.74. The van der Waals surface area contributed by atoms with E-state index in [1.54, 1.807) is 24.3 Å². The lowest BCUT2D eigenvalue weighted by Crippen LogP contribution is -2.22. The van der Waals surface area contributed by atoms with Gasteiger partial charge in [-0.2, -0.15) is 0 Å². The maximum Gasteiger partial charge on any atom is 0.138 e. The summed E-state index contributed by atoms with van der Waals surface area (Å²) in [5, 5.41) is 19.3.